The summed E-state index contributed by atoms with van der Waals surface area (Å²) in [5.74, 6) is -0.939. The van der Waals surface area contributed by atoms with Gasteiger partial charge in [-0.15, -0.1) is 0 Å². The maximum atomic E-state index is 12.5. The van der Waals surface area contributed by atoms with E-state index in [4.69, 9.17) is 16.3 Å². The van der Waals surface area contributed by atoms with E-state index >= 15 is 0 Å². The molecule has 0 bridgehead atoms. The molecule has 1 saturated heterocycles. The van der Waals surface area contributed by atoms with Gasteiger partial charge < -0.3 is 14.2 Å². The predicted molar refractivity (Wildman–Crippen MR) is 110 cm³/mol. The van der Waals surface area contributed by atoms with Crippen LogP contribution < -0.4 is 0 Å². The van der Waals surface area contributed by atoms with Crippen molar-refractivity contribution in [2.24, 2.45) is 13.0 Å². The van der Waals surface area contributed by atoms with Crippen molar-refractivity contribution < 1.29 is 19.1 Å². The van der Waals surface area contributed by atoms with Gasteiger partial charge in [-0.3, -0.25) is 14.4 Å². The molecule has 1 aromatic heterocycles. The van der Waals surface area contributed by atoms with Gasteiger partial charge >= 0.3 is 5.97 Å². The van der Waals surface area contributed by atoms with Crippen molar-refractivity contribution in [1.82, 2.24) is 9.47 Å². The summed E-state index contributed by atoms with van der Waals surface area (Å²) in [5.41, 5.74) is 3.00. The van der Waals surface area contributed by atoms with E-state index in [0.717, 1.165) is 11.4 Å². The molecule has 0 saturated carbocycles. The van der Waals surface area contributed by atoms with Gasteiger partial charge in [0.2, 0.25) is 5.78 Å². The minimum absolute atomic E-state index is 0.0708. The number of likely N-dealkylation sites (tertiary alicyclic amines) is 1. The van der Waals surface area contributed by atoms with Gasteiger partial charge in [0.1, 0.15) is 0 Å². The molecule has 7 heteroatoms. The van der Waals surface area contributed by atoms with Crippen molar-refractivity contribution in [1.29, 1.82) is 0 Å². The molecule has 1 aromatic carbocycles. The number of esters is 1. The number of hydrogen-bond donors (Lipinski definition) is 0. The number of carbonyl (C=O) groups is 3. The Kier molecular flexibility index (Phi) is 6.42. The zero-order valence-electron chi connectivity index (χ0n) is 16.9. The van der Waals surface area contributed by atoms with Crippen molar-refractivity contribution in [3.63, 3.8) is 0 Å². The van der Waals surface area contributed by atoms with Crippen LogP contribution in [0.5, 0.6) is 0 Å². The summed E-state index contributed by atoms with van der Waals surface area (Å²) in [7, 11) is 1.90. The van der Waals surface area contributed by atoms with Crippen molar-refractivity contribution in [3.05, 3.63) is 57.9 Å². The predicted octanol–water partition coefficient (Wildman–Crippen LogP) is 3.57. The van der Waals surface area contributed by atoms with Crippen molar-refractivity contribution in [2.45, 2.75) is 26.7 Å². The van der Waals surface area contributed by atoms with Crippen LogP contribution in [0.3, 0.4) is 0 Å². The van der Waals surface area contributed by atoms with Crippen LogP contribution in [-0.4, -0.2) is 46.8 Å². The monoisotopic (exact) mass is 416 g/mol. The van der Waals surface area contributed by atoms with Crippen molar-refractivity contribution in [3.8, 4) is 0 Å². The summed E-state index contributed by atoms with van der Waals surface area (Å²) in [6.45, 7) is 4.50. The average Bonchev–Trinajstić information content (AvgIpc) is 2.99. The Morgan fingerprint density at radius 1 is 1.10 bits per heavy atom. The molecule has 1 aliphatic rings. The third-order valence-corrected chi connectivity index (χ3v) is 5.88. The number of amides is 1. The zero-order chi connectivity index (χ0) is 21.1. The SMILES string of the molecule is Cc1cc(C(=O)COC(=O)C2CCN(C(=O)c3ccc(Cl)cc3)CC2)c(C)n1C. The van der Waals surface area contributed by atoms with E-state index in [1.54, 1.807) is 29.2 Å². The maximum Gasteiger partial charge on any atom is 0.309 e. The van der Waals surface area contributed by atoms with Crippen LogP contribution in [0.2, 0.25) is 5.02 Å². The molecule has 0 aliphatic carbocycles. The lowest BCUT2D eigenvalue weighted by atomic mass is 9.96. The van der Waals surface area contributed by atoms with Crippen LogP contribution in [0.25, 0.3) is 0 Å². The molecule has 0 N–H and O–H groups in total. The standard InChI is InChI=1S/C22H25ClN2O4/c1-14-12-19(15(2)24(14)3)20(26)13-29-22(28)17-8-10-25(11-9-17)21(27)16-4-6-18(23)7-5-16/h4-7,12,17H,8-11,13H2,1-3H3. The molecule has 1 aliphatic heterocycles. The van der Waals surface area contributed by atoms with E-state index in [-0.39, 0.29) is 30.2 Å². The zero-order valence-corrected chi connectivity index (χ0v) is 17.7. The van der Waals surface area contributed by atoms with E-state index in [1.165, 1.54) is 0 Å². The summed E-state index contributed by atoms with van der Waals surface area (Å²) in [5, 5.41) is 0.582. The number of aryl methyl sites for hydroxylation is 1. The number of halogens is 1. The Morgan fingerprint density at radius 2 is 1.72 bits per heavy atom. The van der Waals surface area contributed by atoms with E-state index in [2.05, 4.69) is 0 Å². The minimum Gasteiger partial charge on any atom is -0.457 e. The van der Waals surface area contributed by atoms with E-state index in [0.29, 0.717) is 42.1 Å². The van der Waals surface area contributed by atoms with Crippen molar-refractivity contribution >= 4 is 29.3 Å². The molecule has 154 valence electrons. The van der Waals surface area contributed by atoms with Crippen molar-refractivity contribution in [2.75, 3.05) is 19.7 Å². The third-order valence-electron chi connectivity index (χ3n) is 5.63. The lowest BCUT2D eigenvalue weighted by molar-refractivity contribution is -0.148. The molecule has 29 heavy (non-hydrogen) atoms. The molecule has 0 spiro atoms. The number of aromatic nitrogens is 1. The fourth-order valence-corrected chi connectivity index (χ4v) is 3.69. The Hall–Kier alpha value is -2.60. The number of hydrogen-bond acceptors (Lipinski definition) is 4. The highest BCUT2D eigenvalue weighted by Gasteiger charge is 2.29. The molecule has 0 atom stereocenters. The Balaban J connectivity index is 1.49. The molecule has 6 nitrogen and oxygen atoms in total. The Labute approximate surface area is 175 Å². The largest absolute Gasteiger partial charge is 0.457 e. The Morgan fingerprint density at radius 3 is 2.28 bits per heavy atom. The fourth-order valence-electron chi connectivity index (χ4n) is 3.56. The molecule has 1 fully saturated rings. The Bertz CT molecular complexity index is 925. The molecule has 0 radical (unpaired) electrons. The lowest BCUT2D eigenvalue weighted by Gasteiger charge is -2.31. The second kappa shape index (κ2) is 8.82. The van der Waals surface area contributed by atoms with Crippen LogP contribution in [0, 0.1) is 19.8 Å². The normalized spacial score (nSPS) is 14.7. The molecular formula is C22H25ClN2O4. The fraction of sp³-hybridized carbons (Fsp3) is 0.409. The van der Waals surface area contributed by atoms with Crippen LogP contribution in [0.15, 0.2) is 30.3 Å². The van der Waals surface area contributed by atoms with E-state index in [9.17, 15) is 14.4 Å². The number of benzene rings is 1. The first-order chi connectivity index (χ1) is 13.8. The smallest absolute Gasteiger partial charge is 0.309 e. The number of carbonyl (C=O) groups excluding carboxylic acids is 3. The van der Waals surface area contributed by atoms with Gasteiger partial charge in [-0.2, -0.15) is 0 Å². The van der Waals surface area contributed by atoms with E-state index < -0.39 is 0 Å². The van der Waals surface area contributed by atoms with Gasteiger partial charge in [0.15, 0.2) is 6.61 Å². The summed E-state index contributed by atoms with van der Waals surface area (Å²) in [4.78, 5) is 39.0. The molecule has 0 unspecified atom stereocenters. The first kappa shape index (κ1) is 21.1. The summed E-state index contributed by atoms with van der Waals surface area (Å²) in [6.07, 6.45) is 1.05. The maximum absolute atomic E-state index is 12.5. The van der Waals surface area contributed by atoms with Crippen LogP contribution >= 0.6 is 11.6 Å². The summed E-state index contributed by atoms with van der Waals surface area (Å²) in [6, 6.07) is 8.58. The number of rotatable bonds is 5. The first-order valence-corrected chi connectivity index (χ1v) is 10.0. The van der Waals surface area contributed by atoms with Crippen LogP contribution in [0.4, 0.5) is 0 Å². The van der Waals surface area contributed by atoms with Crippen LogP contribution in [-0.2, 0) is 16.6 Å². The second-order valence-corrected chi connectivity index (χ2v) is 7.88. The number of nitrogens with zero attached hydrogens (tertiary/aromatic N) is 2. The average molecular weight is 417 g/mol. The first-order valence-electron chi connectivity index (χ1n) is 9.65. The summed E-state index contributed by atoms with van der Waals surface area (Å²) < 4.78 is 7.21. The molecule has 2 aromatic rings. The van der Waals surface area contributed by atoms with Gasteiger partial charge in [0.25, 0.3) is 5.91 Å². The van der Waals surface area contributed by atoms with Gasteiger partial charge in [-0.1, -0.05) is 11.6 Å². The topological polar surface area (TPSA) is 68.6 Å². The molecular weight excluding hydrogens is 392 g/mol. The highest BCUT2D eigenvalue weighted by Crippen LogP contribution is 2.21. The molecule has 3 rings (SSSR count). The lowest BCUT2D eigenvalue weighted by Crippen LogP contribution is -2.40. The summed E-state index contributed by atoms with van der Waals surface area (Å²) >= 11 is 5.86. The number of ether oxygens (including phenoxy) is 1. The molecule has 2 heterocycles. The van der Waals surface area contributed by atoms with Gasteiger partial charge in [0, 0.05) is 47.7 Å². The van der Waals surface area contributed by atoms with Gasteiger partial charge in [-0.25, -0.2) is 0 Å². The highest BCUT2D eigenvalue weighted by molar-refractivity contribution is 6.30. The molecule has 1 amide bonds. The van der Waals surface area contributed by atoms with Gasteiger partial charge in [-0.05, 0) is 57.0 Å². The third kappa shape index (κ3) is 4.70. The van der Waals surface area contributed by atoms with Crippen LogP contribution in [0.1, 0.15) is 44.9 Å². The quantitative estimate of drug-likeness (QED) is 0.552. The number of piperidine rings is 1. The number of Topliss-reactive ketones (excluding diaryl/α,β-unsaturated/α-hetero) is 1. The highest BCUT2D eigenvalue weighted by atomic mass is 35.5. The van der Waals surface area contributed by atoms with Gasteiger partial charge in [0.05, 0.1) is 5.92 Å². The van der Waals surface area contributed by atoms with E-state index in [1.807, 2.05) is 31.5 Å². The second-order valence-electron chi connectivity index (χ2n) is 7.45. The minimum atomic E-state index is -0.373. The number of ketones is 1.